The maximum atomic E-state index is 11.5. The topological polar surface area (TPSA) is 58.2 Å². The fraction of sp³-hybridized carbons (Fsp3) is 0.500. The van der Waals surface area contributed by atoms with Crippen LogP contribution in [0.3, 0.4) is 0 Å². The zero-order valence-electron chi connectivity index (χ0n) is 11.8. The molecule has 0 aliphatic rings. The van der Waals surface area contributed by atoms with Crippen molar-refractivity contribution in [2.45, 2.75) is 34.5 Å². The van der Waals surface area contributed by atoms with Crippen molar-refractivity contribution in [2.75, 3.05) is 0 Å². The number of ketones is 2. The summed E-state index contributed by atoms with van der Waals surface area (Å²) in [5, 5.41) is 5.86. The quantitative estimate of drug-likeness (QED) is 0.376. The second kappa shape index (κ2) is 8.86. The monoisotopic (exact) mass is 428 g/mol. The standard InChI is InChI=1S/C12H14Cl6N2O2/c1-6(4-9(21)11(13,14)15)19-8(3)20-7(2)5-10(22)12(16,17)18/h4-5,8,19-20H,1-3H3. The second-order valence-corrected chi connectivity index (χ2v) is 8.95. The van der Waals surface area contributed by atoms with Crippen LogP contribution in [-0.2, 0) is 9.59 Å². The molecule has 0 aliphatic carbocycles. The third kappa shape index (κ3) is 9.33. The van der Waals surface area contributed by atoms with Crippen LogP contribution in [0.15, 0.2) is 23.5 Å². The summed E-state index contributed by atoms with van der Waals surface area (Å²) in [6.45, 7) is 4.99. The molecular formula is C12H14Cl6N2O2. The number of rotatable bonds is 6. The molecule has 22 heavy (non-hydrogen) atoms. The Kier molecular flexibility index (Phi) is 8.92. The van der Waals surface area contributed by atoms with Gasteiger partial charge in [-0.3, -0.25) is 9.59 Å². The molecule has 0 fully saturated rings. The molecule has 0 heterocycles. The highest BCUT2D eigenvalue weighted by molar-refractivity contribution is 6.77. The molecule has 0 amide bonds. The molecule has 126 valence electrons. The third-order valence-electron chi connectivity index (χ3n) is 2.14. The Hall–Kier alpha value is 0.160. The Bertz CT molecular complexity index is 447. The van der Waals surface area contributed by atoms with Crippen LogP contribution in [-0.4, -0.2) is 25.3 Å². The fourth-order valence-electron chi connectivity index (χ4n) is 1.36. The van der Waals surface area contributed by atoms with Crippen molar-refractivity contribution in [3.63, 3.8) is 0 Å². The highest BCUT2D eigenvalue weighted by Gasteiger charge is 2.29. The maximum Gasteiger partial charge on any atom is 0.252 e. The Morgan fingerprint density at radius 1 is 0.818 bits per heavy atom. The average Bonchev–Trinajstić information content (AvgIpc) is 2.24. The van der Waals surface area contributed by atoms with Crippen LogP contribution in [0.5, 0.6) is 0 Å². The summed E-state index contributed by atoms with van der Waals surface area (Å²) in [5.41, 5.74) is 0.939. The van der Waals surface area contributed by atoms with Gasteiger partial charge >= 0.3 is 0 Å². The molecule has 0 aromatic carbocycles. The molecule has 0 rings (SSSR count). The number of carbonyl (C=O) groups is 2. The first-order chi connectivity index (χ1) is 9.73. The van der Waals surface area contributed by atoms with Crippen LogP contribution in [0.25, 0.3) is 0 Å². The van der Waals surface area contributed by atoms with Gasteiger partial charge in [-0.25, -0.2) is 0 Å². The predicted octanol–water partition coefficient (Wildman–Crippen LogP) is 4.20. The zero-order valence-corrected chi connectivity index (χ0v) is 16.4. The van der Waals surface area contributed by atoms with E-state index in [0.29, 0.717) is 11.4 Å². The van der Waals surface area contributed by atoms with Crippen LogP contribution < -0.4 is 10.6 Å². The molecule has 0 aliphatic heterocycles. The lowest BCUT2D eigenvalue weighted by molar-refractivity contribution is -0.114. The second-order valence-electron chi connectivity index (χ2n) is 4.39. The minimum Gasteiger partial charge on any atom is -0.369 e. The van der Waals surface area contributed by atoms with Crippen molar-refractivity contribution in [1.82, 2.24) is 10.6 Å². The van der Waals surface area contributed by atoms with Gasteiger partial charge in [0.15, 0.2) is 0 Å². The van der Waals surface area contributed by atoms with Crippen molar-refractivity contribution in [2.24, 2.45) is 0 Å². The highest BCUT2D eigenvalue weighted by atomic mass is 35.6. The number of carbonyl (C=O) groups excluding carboxylic acids is 2. The number of nitrogens with one attached hydrogen (secondary N) is 2. The first kappa shape index (κ1) is 22.2. The van der Waals surface area contributed by atoms with E-state index in [1.807, 2.05) is 0 Å². The summed E-state index contributed by atoms with van der Waals surface area (Å²) in [5.74, 6) is -1.35. The van der Waals surface area contributed by atoms with E-state index in [1.54, 1.807) is 20.8 Å². The van der Waals surface area contributed by atoms with E-state index >= 15 is 0 Å². The van der Waals surface area contributed by atoms with Crippen LogP contribution in [0, 0.1) is 0 Å². The van der Waals surface area contributed by atoms with Crippen LogP contribution >= 0.6 is 69.6 Å². The van der Waals surface area contributed by atoms with Gasteiger partial charge in [0.05, 0.1) is 6.17 Å². The van der Waals surface area contributed by atoms with Gasteiger partial charge in [-0.1, -0.05) is 69.6 Å². The summed E-state index contributed by atoms with van der Waals surface area (Å²) in [7, 11) is 0. The van der Waals surface area contributed by atoms with Crippen LogP contribution in [0.1, 0.15) is 20.8 Å². The molecule has 0 radical (unpaired) electrons. The van der Waals surface area contributed by atoms with Gasteiger partial charge in [-0.15, -0.1) is 0 Å². The number of hydrogen-bond acceptors (Lipinski definition) is 4. The lowest BCUT2D eigenvalue weighted by atomic mass is 10.3. The predicted molar refractivity (Wildman–Crippen MR) is 93.8 cm³/mol. The molecule has 0 aromatic rings. The zero-order chi connectivity index (χ0) is 17.7. The van der Waals surface area contributed by atoms with Gasteiger partial charge < -0.3 is 10.6 Å². The van der Waals surface area contributed by atoms with Gasteiger partial charge in [0.1, 0.15) is 0 Å². The number of allylic oxidation sites excluding steroid dienone is 4. The number of halogens is 6. The highest BCUT2D eigenvalue weighted by Crippen LogP contribution is 2.28. The molecule has 0 atom stereocenters. The smallest absolute Gasteiger partial charge is 0.252 e. The first-order valence-electron chi connectivity index (χ1n) is 5.85. The summed E-state index contributed by atoms with van der Waals surface area (Å²) in [6.07, 6.45) is 1.99. The van der Waals surface area contributed by atoms with E-state index in [2.05, 4.69) is 10.6 Å². The molecule has 2 N–H and O–H groups in total. The van der Waals surface area contributed by atoms with Crippen molar-refractivity contribution in [3.05, 3.63) is 23.5 Å². The Morgan fingerprint density at radius 2 is 1.09 bits per heavy atom. The summed E-state index contributed by atoms with van der Waals surface area (Å²) in [4.78, 5) is 23.0. The van der Waals surface area contributed by atoms with Crippen molar-refractivity contribution >= 4 is 81.2 Å². The van der Waals surface area contributed by atoms with E-state index in [-0.39, 0.29) is 6.17 Å². The molecule has 10 heteroatoms. The lowest BCUT2D eigenvalue weighted by Crippen LogP contribution is -2.38. The van der Waals surface area contributed by atoms with Gasteiger partial charge in [-0.2, -0.15) is 0 Å². The van der Waals surface area contributed by atoms with Gasteiger partial charge in [0, 0.05) is 23.5 Å². The lowest BCUT2D eigenvalue weighted by Gasteiger charge is -2.19. The average molecular weight is 431 g/mol. The SMILES string of the molecule is CC(=CC(=O)C(Cl)(Cl)Cl)NC(C)NC(C)=CC(=O)C(Cl)(Cl)Cl. The molecule has 0 saturated carbocycles. The van der Waals surface area contributed by atoms with E-state index in [0.717, 1.165) is 12.2 Å². The van der Waals surface area contributed by atoms with Gasteiger partial charge in [0.25, 0.3) is 7.59 Å². The molecule has 4 nitrogen and oxygen atoms in total. The summed E-state index contributed by atoms with van der Waals surface area (Å²) in [6, 6.07) is 0. The molecule has 0 unspecified atom stereocenters. The van der Waals surface area contributed by atoms with Crippen LogP contribution in [0.2, 0.25) is 0 Å². The third-order valence-corrected chi connectivity index (χ3v) is 3.26. The molecule has 0 bridgehead atoms. The number of hydrogen-bond donors (Lipinski definition) is 2. The minimum atomic E-state index is -2.01. The first-order valence-corrected chi connectivity index (χ1v) is 8.12. The summed E-state index contributed by atoms with van der Waals surface area (Å²) >= 11 is 32.7. The normalized spacial score (nSPS) is 15.3. The largest absolute Gasteiger partial charge is 0.369 e. The van der Waals surface area contributed by atoms with Gasteiger partial charge in [-0.05, 0) is 20.8 Å². The molecule has 0 aromatic heterocycles. The molecular weight excluding hydrogens is 417 g/mol. The van der Waals surface area contributed by atoms with Crippen molar-refractivity contribution in [3.8, 4) is 0 Å². The Balaban J connectivity index is 4.67. The van der Waals surface area contributed by atoms with Crippen molar-refractivity contribution < 1.29 is 9.59 Å². The Morgan fingerprint density at radius 3 is 1.32 bits per heavy atom. The van der Waals surface area contributed by atoms with E-state index in [1.165, 1.54) is 0 Å². The summed E-state index contributed by atoms with van der Waals surface area (Å²) < 4.78 is -4.02. The minimum absolute atomic E-state index is 0.334. The number of alkyl halides is 6. The van der Waals surface area contributed by atoms with E-state index in [4.69, 9.17) is 69.6 Å². The van der Waals surface area contributed by atoms with Crippen molar-refractivity contribution in [1.29, 1.82) is 0 Å². The Labute approximate surface area is 159 Å². The fourth-order valence-corrected chi connectivity index (χ4v) is 1.69. The van der Waals surface area contributed by atoms with Gasteiger partial charge in [0.2, 0.25) is 11.6 Å². The molecule has 0 spiro atoms. The van der Waals surface area contributed by atoms with E-state index in [9.17, 15) is 9.59 Å². The maximum absolute atomic E-state index is 11.5. The van der Waals surface area contributed by atoms with E-state index < -0.39 is 19.2 Å². The molecule has 0 saturated heterocycles. The van der Waals surface area contributed by atoms with Crippen LogP contribution in [0.4, 0.5) is 0 Å².